The van der Waals surface area contributed by atoms with Gasteiger partial charge in [-0.2, -0.15) is 0 Å². The quantitative estimate of drug-likeness (QED) is 0.824. The van der Waals surface area contributed by atoms with Crippen LogP contribution < -0.4 is 0 Å². The highest BCUT2D eigenvalue weighted by Gasteiger charge is 2.47. The molecule has 6 nitrogen and oxygen atoms in total. The van der Waals surface area contributed by atoms with Gasteiger partial charge in [0, 0.05) is 37.5 Å². The van der Waals surface area contributed by atoms with Crippen LogP contribution in [0.15, 0.2) is 47.3 Å². The van der Waals surface area contributed by atoms with E-state index in [0.29, 0.717) is 32.1 Å². The number of ether oxygens (including phenoxy) is 2. The molecule has 0 aromatic carbocycles. The number of carbonyl (C=O) groups is 1. The van der Waals surface area contributed by atoms with E-state index in [9.17, 15) is 4.79 Å². The van der Waals surface area contributed by atoms with E-state index in [0.717, 1.165) is 31.4 Å². The first-order valence-electron chi connectivity index (χ1n) is 9.18. The van der Waals surface area contributed by atoms with Gasteiger partial charge in [0.2, 0.25) is 0 Å². The van der Waals surface area contributed by atoms with Crippen molar-refractivity contribution in [2.45, 2.75) is 32.0 Å². The fourth-order valence-corrected chi connectivity index (χ4v) is 4.08. The van der Waals surface area contributed by atoms with Crippen molar-refractivity contribution in [2.24, 2.45) is 5.41 Å². The van der Waals surface area contributed by atoms with Crippen LogP contribution in [0.4, 0.5) is 0 Å². The first kappa shape index (κ1) is 17.2. The molecular formula is C20H24N2O4. The average molecular weight is 356 g/mol. The van der Waals surface area contributed by atoms with E-state index >= 15 is 0 Å². The number of piperidine rings is 1. The van der Waals surface area contributed by atoms with Crippen molar-refractivity contribution < 1.29 is 18.7 Å². The lowest BCUT2D eigenvalue weighted by molar-refractivity contribution is -0.149. The van der Waals surface area contributed by atoms with Gasteiger partial charge in [-0.25, -0.2) is 0 Å². The van der Waals surface area contributed by atoms with E-state index in [4.69, 9.17) is 13.9 Å². The van der Waals surface area contributed by atoms with Crippen molar-refractivity contribution in [1.82, 2.24) is 9.88 Å². The lowest BCUT2D eigenvalue weighted by Gasteiger charge is -2.50. The average Bonchev–Trinajstić information content (AvgIpc) is 3.22. The van der Waals surface area contributed by atoms with Gasteiger partial charge < -0.3 is 18.8 Å². The minimum absolute atomic E-state index is 0.0486. The summed E-state index contributed by atoms with van der Waals surface area (Å²) in [6.07, 6.45) is 8.08. The fourth-order valence-electron chi connectivity index (χ4n) is 4.08. The smallest absolute Gasteiger partial charge is 0.289 e. The number of amides is 1. The maximum absolute atomic E-state index is 12.7. The minimum Gasteiger partial charge on any atom is -0.459 e. The molecule has 0 spiro atoms. The normalized spacial score (nSPS) is 25.7. The molecule has 0 aliphatic carbocycles. The number of likely N-dealkylation sites (tertiary alicyclic amines) is 1. The van der Waals surface area contributed by atoms with Crippen LogP contribution in [-0.2, 0) is 16.1 Å². The predicted molar refractivity (Wildman–Crippen MR) is 94.5 cm³/mol. The molecule has 0 radical (unpaired) electrons. The highest BCUT2D eigenvalue weighted by molar-refractivity contribution is 5.91. The zero-order valence-corrected chi connectivity index (χ0v) is 14.8. The van der Waals surface area contributed by atoms with E-state index < -0.39 is 0 Å². The fraction of sp³-hybridized carbons (Fsp3) is 0.500. The Morgan fingerprint density at radius 2 is 2.23 bits per heavy atom. The SMILES string of the molecule is O=C(c1ccco1)N1CC[C@H]2OCCC[C@@]2(COCc2ccncc2)C1. The molecule has 26 heavy (non-hydrogen) atoms. The summed E-state index contributed by atoms with van der Waals surface area (Å²) in [5.41, 5.74) is 0.954. The van der Waals surface area contributed by atoms with Gasteiger partial charge in [0.05, 0.1) is 25.6 Å². The lowest BCUT2D eigenvalue weighted by Crippen LogP contribution is -2.58. The zero-order valence-electron chi connectivity index (χ0n) is 14.8. The standard InChI is InChI=1S/C20H24N2O4/c23-19(17-3-1-11-25-17)22-10-6-18-20(14-22,7-2-12-26-18)15-24-13-16-4-8-21-9-5-16/h1,3-5,8-9,11,18H,2,6-7,10,12-15H2/t18-,20+/m1/s1. The Morgan fingerprint density at radius 1 is 1.35 bits per heavy atom. The van der Waals surface area contributed by atoms with Crippen LogP contribution in [0.25, 0.3) is 0 Å². The number of rotatable bonds is 5. The summed E-state index contributed by atoms with van der Waals surface area (Å²) in [5.74, 6) is 0.348. The van der Waals surface area contributed by atoms with Crippen LogP contribution in [0.5, 0.6) is 0 Å². The third-order valence-corrected chi connectivity index (χ3v) is 5.41. The van der Waals surface area contributed by atoms with Gasteiger partial charge >= 0.3 is 0 Å². The van der Waals surface area contributed by atoms with Gasteiger partial charge in [0.15, 0.2) is 5.76 Å². The molecule has 2 saturated heterocycles. The predicted octanol–water partition coefficient (Wildman–Crippen LogP) is 2.90. The Bertz CT molecular complexity index is 719. The number of hydrogen-bond donors (Lipinski definition) is 0. The van der Waals surface area contributed by atoms with Gasteiger partial charge in [0.25, 0.3) is 5.91 Å². The third kappa shape index (κ3) is 3.52. The highest BCUT2D eigenvalue weighted by atomic mass is 16.5. The van der Waals surface area contributed by atoms with E-state index in [1.165, 1.54) is 6.26 Å². The summed E-state index contributed by atoms with van der Waals surface area (Å²) < 4.78 is 17.4. The maximum atomic E-state index is 12.7. The molecule has 2 aromatic rings. The van der Waals surface area contributed by atoms with Crippen molar-refractivity contribution in [3.8, 4) is 0 Å². The summed E-state index contributed by atoms with van der Waals surface area (Å²) in [5, 5.41) is 0. The van der Waals surface area contributed by atoms with Crippen LogP contribution in [0.2, 0.25) is 0 Å². The van der Waals surface area contributed by atoms with Gasteiger partial charge in [-0.1, -0.05) is 0 Å². The van der Waals surface area contributed by atoms with E-state index in [1.54, 1.807) is 24.5 Å². The van der Waals surface area contributed by atoms with E-state index in [1.807, 2.05) is 17.0 Å². The molecule has 4 rings (SSSR count). The number of hydrogen-bond acceptors (Lipinski definition) is 5. The second-order valence-corrected chi connectivity index (χ2v) is 7.17. The number of pyridine rings is 1. The Kier molecular flexibility index (Phi) is 5.04. The Labute approximate surface area is 153 Å². The first-order valence-corrected chi connectivity index (χ1v) is 9.18. The van der Waals surface area contributed by atoms with Crippen LogP contribution in [0.1, 0.15) is 35.4 Å². The summed E-state index contributed by atoms with van der Waals surface area (Å²) in [6, 6.07) is 7.38. The second kappa shape index (κ2) is 7.60. The monoisotopic (exact) mass is 356 g/mol. The van der Waals surface area contributed by atoms with Crippen LogP contribution in [0.3, 0.4) is 0 Å². The largest absolute Gasteiger partial charge is 0.459 e. The molecule has 2 aromatic heterocycles. The molecule has 6 heteroatoms. The van der Waals surface area contributed by atoms with Crippen molar-refractivity contribution in [3.05, 3.63) is 54.2 Å². The van der Waals surface area contributed by atoms with Crippen LogP contribution in [0, 0.1) is 5.41 Å². The number of aromatic nitrogens is 1. The van der Waals surface area contributed by atoms with Crippen LogP contribution >= 0.6 is 0 Å². The Balaban J connectivity index is 1.45. The lowest BCUT2D eigenvalue weighted by atomic mass is 9.73. The molecule has 0 N–H and O–H groups in total. The zero-order chi connectivity index (χ0) is 17.8. The van der Waals surface area contributed by atoms with E-state index in [2.05, 4.69) is 4.98 Å². The van der Waals surface area contributed by atoms with Crippen molar-refractivity contribution in [3.63, 3.8) is 0 Å². The first-order chi connectivity index (χ1) is 12.8. The molecule has 0 unspecified atom stereocenters. The Hall–Kier alpha value is -2.18. The summed E-state index contributed by atoms with van der Waals surface area (Å²) in [4.78, 5) is 18.6. The molecule has 0 bridgehead atoms. The molecule has 2 fully saturated rings. The number of fused-ring (bicyclic) bond motifs is 1. The maximum Gasteiger partial charge on any atom is 0.289 e. The molecule has 4 heterocycles. The van der Waals surface area contributed by atoms with Gasteiger partial charge in [0.1, 0.15) is 0 Å². The summed E-state index contributed by atoms with van der Waals surface area (Å²) in [7, 11) is 0. The number of carbonyl (C=O) groups excluding carboxylic acids is 1. The molecule has 2 atom stereocenters. The summed E-state index contributed by atoms with van der Waals surface area (Å²) in [6.45, 7) is 3.26. The minimum atomic E-state index is -0.147. The number of furan rings is 1. The topological polar surface area (TPSA) is 64.8 Å². The van der Waals surface area contributed by atoms with Gasteiger partial charge in [-0.05, 0) is 49.1 Å². The van der Waals surface area contributed by atoms with Gasteiger partial charge in [-0.3, -0.25) is 9.78 Å². The van der Waals surface area contributed by atoms with Crippen LogP contribution in [-0.4, -0.2) is 48.2 Å². The summed E-state index contributed by atoms with van der Waals surface area (Å²) >= 11 is 0. The number of nitrogens with zero attached hydrogens (tertiary/aromatic N) is 2. The van der Waals surface area contributed by atoms with Crippen molar-refractivity contribution in [1.29, 1.82) is 0 Å². The molecular weight excluding hydrogens is 332 g/mol. The molecule has 1 amide bonds. The second-order valence-electron chi connectivity index (χ2n) is 7.17. The molecule has 2 aliphatic rings. The highest BCUT2D eigenvalue weighted by Crippen LogP contribution is 2.41. The van der Waals surface area contributed by atoms with Gasteiger partial charge in [-0.15, -0.1) is 0 Å². The molecule has 138 valence electrons. The molecule has 0 saturated carbocycles. The van der Waals surface area contributed by atoms with E-state index in [-0.39, 0.29) is 17.4 Å². The van der Waals surface area contributed by atoms with Crippen molar-refractivity contribution in [2.75, 3.05) is 26.3 Å². The molecule has 2 aliphatic heterocycles. The third-order valence-electron chi connectivity index (χ3n) is 5.41. The van der Waals surface area contributed by atoms with Crippen molar-refractivity contribution >= 4 is 5.91 Å². The Morgan fingerprint density at radius 3 is 3.04 bits per heavy atom.